The van der Waals surface area contributed by atoms with Gasteiger partial charge in [-0.05, 0) is 45.7 Å². The second-order valence-electron chi connectivity index (χ2n) is 7.12. The molecule has 3 aromatic rings. The Morgan fingerprint density at radius 1 is 1.14 bits per heavy atom. The molecule has 0 bridgehead atoms. The van der Waals surface area contributed by atoms with Crippen LogP contribution in [0.15, 0.2) is 40.1 Å². The minimum absolute atomic E-state index is 0.189. The molecule has 0 aliphatic carbocycles. The van der Waals surface area contributed by atoms with Gasteiger partial charge in [-0.15, -0.1) is 0 Å². The molecule has 8 nitrogen and oxygen atoms in total. The van der Waals surface area contributed by atoms with Crippen LogP contribution in [0, 0.1) is 20.8 Å². The van der Waals surface area contributed by atoms with Gasteiger partial charge in [0.1, 0.15) is 16.4 Å². The number of hydrogen-bond acceptors (Lipinski definition) is 6. The molecule has 3 aromatic heterocycles. The third kappa shape index (κ3) is 3.14. The van der Waals surface area contributed by atoms with Crippen molar-refractivity contribution < 1.29 is 12.9 Å². The average molecular weight is 401 g/mol. The fraction of sp³-hybridized carbons (Fsp3) is 0.421. The van der Waals surface area contributed by atoms with Gasteiger partial charge in [0.25, 0.3) is 0 Å². The van der Waals surface area contributed by atoms with Crippen molar-refractivity contribution in [2.75, 3.05) is 13.1 Å². The molecule has 9 heteroatoms. The summed E-state index contributed by atoms with van der Waals surface area (Å²) in [6.07, 6.45) is 6.83. The van der Waals surface area contributed by atoms with Gasteiger partial charge in [0.05, 0.1) is 0 Å². The first-order valence-electron chi connectivity index (χ1n) is 9.27. The number of rotatable bonds is 4. The minimum atomic E-state index is -3.60. The van der Waals surface area contributed by atoms with E-state index in [1.54, 1.807) is 26.2 Å². The van der Waals surface area contributed by atoms with Crippen LogP contribution in [0.1, 0.15) is 36.0 Å². The summed E-state index contributed by atoms with van der Waals surface area (Å²) in [7, 11) is -3.60. The van der Waals surface area contributed by atoms with Gasteiger partial charge in [-0.25, -0.2) is 13.4 Å². The molecule has 0 atom stereocenters. The standard InChI is InChI=1S/C19H23N5O3S/c1-13-11-21-19(16-5-4-8-20-12-16)24(13)17-6-9-23(10-7-17)28(25,26)18-14(2)22-27-15(18)3/h4-5,8,11-12,17H,6-7,9-10H2,1-3H3. The fourth-order valence-electron chi connectivity index (χ4n) is 3.93. The smallest absolute Gasteiger partial charge is 0.248 e. The molecule has 0 N–H and O–H groups in total. The minimum Gasteiger partial charge on any atom is -0.360 e. The molecule has 0 amide bonds. The van der Waals surface area contributed by atoms with Crippen LogP contribution in [-0.4, -0.2) is 45.5 Å². The van der Waals surface area contributed by atoms with Gasteiger partial charge in [0.15, 0.2) is 5.76 Å². The van der Waals surface area contributed by atoms with Gasteiger partial charge >= 0.3 is 0 Å². The third-order valence-corrected chi connectivity index (χ3v) is 7.40. The zero-order valence-electron chi connectivity index (χ0n) is 16.2. The van der Waals surface area contributed by atoms with Crippen molar-refractivity contribution in [3.63, 3.8) is 0 Å². The van der Waals surface area contributed by atoms with E-state index in [9.17, 15) is 8.42 Å². The first-order chi connectivity index (χ1) is 13.4. The molecule has 0 saturated carbocycles. The molecule has 1 aliphatic rings. The Labute approximate surface area is 164 Å². The number of hydrogen-bond donors (Lipinski definition) is 0. The summed E-state index contributed by atoms with van der Waals surface area (Å²) in [6, 6.07) is 4.07. The number of aryl methyl sites for hydroxylation is 3. The van der Waals surface area contributed by atoms with E-state index < -0.39 is 10.0 Å². The van der Waals surface area contributed by atoms with E-state index in [-0.39, 0.29) is 10.9 Å². The maximum absolute atomic E-state index is 13.0. The van der Waals surface area contributed by atoms with Crippen molar-refractivity contribution in [3.05, 3.63) is 47.9 Å². The van der Waals surface area contributed by atoms with E-state index in [2.05, 4.69) is 19.7 Å². The van der Waals surface area contributed by atoms with E-state index in [4.69, 9.17) is 4.52 Å². The number of pyridine rings is 1. The number of aromatic nitrogens is 4. The van der Waals surface area contributed by atoms with E-state index in [0.29, 0.717) is 37.4 Å². The van der Waals surface area contributed by atoms with Gasteiger partial charge in [0, 0.05) is 49.0 Å². The Hall–Kier alpha value is -2.52. The van der Waals surface area contributed by atoms with E-state index in [1.165, 1.54) is 4.31 Å². The summed E-state index contributed by atoms with van der Waals surface area (Å²) in [5.74, 6) is 1.21. The maximum Gasteiger partial charge on any atom is 0.248 e. The van der Waals surface area contributed by atoms with Crippen LogP contribution in [-0.2, 0) is 10.0 Å². The van der Waals surface area contributed by atoms with E-state index >= 15 is 0 Å². The average Bonchev–Trinajstić information content (AvgIpc) is 3.24. The highest BCUT2D eigenvalue weighted by Crippen LogP contribution is 2.33. The largest absolute Gasteiger partial charge is 0.360 e. The topological polar surface area (TPSA) is 94.1 Å². The summed E-state index contributed by atoms with van der Waals surface area (Å²) in [6.45, 7) is 6.21. The van der Waals surface area contributed by atoms with Gasteiger partial charge in [0.2, 0.25) is 10.0 Å². The van der Waals surface area contributed by atoms with Gasteiger partial charge in [-0.1, -0.05) is 5.16 Å². The van der Waals surface area contributed by atoms with Crippen LogP contribution < -0.4 is 0 Å². The van der Waals surface area contributed by atoms with Crippen molar-refractivity contribution in [1.29, 1.82) is 0 Å². The molecule has 1 aliphatic heterocycles. The van der Waals surface area contributed by atoms with Crippen LogP contribution in [0.3, 0.4) is 0 Å². The van der Waals surface area contributed by atoms with E-state index in [1.807, 2.05) is 25.3 Å². The molecule has 28 heavy (non-hydrogen) atoms. The molecule has 4 rings (SSSR count). The Bertz CT molecular complexity index is 1060. The molecule has 1 saturated heterocycles. The molecular formula is C19H23N5O3S. The summed E-state index contributed by atoms with van der Waals surface area (Å²) >= 11 is 0. The lowest BCUT2D eigenvalue weighted by Gasteiger charge is -2.33. The first-order valence-corrected chi connectivity index (χ1v) is 10.7. The zero-order valence-corrected chi connectivity index (χ0v) is 17.0. The van der Waals surface area contributed by atoms with Crippen molar-refractivity contribution in [2.24, 2.45) is 0 Å². The first kappa shape index (κ1) is 18.8. The summed E-state index contributed by atoms with van der Waals surface area (Å²) in [4.78, 5) is 8.95. The van der Waals surface area contributed by atoms with Crippen LogP contribution in [0.25, 0.3) is 11.4 Å². The van der Waals surface area contributed by atoms with Crippen LogP contribution in [0.4, 0.5) is 0 Å². The SMILES string of the molecule is Cc1noc(C)c1S(=O)(=O)N1CCC(n2c(C)cnc2-c2cccnc2)CC1. The predicted molar refractivity (Wildman–Crippen MR) is 103 cm³/mol. The Balaban J connectivity index is 1.57. The summed E-state index contributed by atoms with van der Waals surface area (Å²) in [5.41, 5.74) is 2.43. The Morgan fingerprint density at radius 2 is 1.89 bits per heavy atom. The van der Waals surface area contributed by atoms with E-state index in [0.717, 1.165) is 17.1 Å². The molecule has 0 spiro atoms. The lowest BCUT2D eigenvalue weighted by molar-refractivity contribution is 0.273. The quantitative estimate of drug-likeness (QED) is 0.667. The summed E-state index contributed by atoms with van der Waals surface area (Å²) < 4.78 is 34.9. The van der Waals surface area contributed by atoms with Crippen LogP contribution >= 0.6 is 0 Å². The number of sulfonamides is 1. The normalized spacial score (nSPS) is 16.5. The van der Waals surface area contributed by atoms with Crippen molar-refractivity contribution in [1.82, 2.24) is 24.0 Å². The fourth-order valence-corrected chi connectivity index (χ4v) is 5.69. The molecule has 1 fully saturated rings. The summed E-state index contributed by atoms with van der Waals surface area (Å²) in [5, 5.41) is 3.79. The lowest BCUT2D eigenvalue weighted by Crippen LogP contribution is -2.39. The van der Waals surface area contributed by atoms with Crippen molar-refractivity contribution >= 4 is 10.0 Å². The molecule has 0 radical (unpaired) electrons. The van der Waals surface area contributed by atoms with Crippen molar-refractivity contribution in [2.45, 2.75) is 44.6 Å². The molecule has 0 aromatic carbocycles. The highest BCUT2D eigenvalue weighted by Gasteiger charge is 2.34. The van der Waals surface area contributed by atoms with Crippen LogP contribution in [0.2, 0.25) is 0 Å². The maximum atomic E-state index is 13.0. The van der Waals surface area contributed by atoms with Gasteiger partial charge in [-0.2, -0.15) is 4.31 Å². The number of piperidine rings is 1. The van der Waals surface area contributed by atoms with Crippen molar-refractivity contribution in [3.8, 4) is 11.4 Å². The van der Waals surface area contributed by atoms with Crippen LogP contribution in [0.5, 0.6) is 0 Å². The van der Waals surface area contributed by atoms with Gasteiger partial charge in [-0.3, -0.25) is 4.98 Å². The lowest BCUT2D eigenvalue weighted by atomic mass is 10.1. The second-order valence-corrected chi connectivity index (χ2v) is 9.00. The Morgan fingerprint density at radius 3 is 2.50 bits per heavy atom. The third-order valence-electron chi connectivity index (χ3n) is 5.26. The number of nitrogens with zero attached hydrogens (tertiary/aromatic N) is 5. The Kier molecular flexibility index (Phi) is 4.80. The van der Waals surface area contributed by atoms with Gasteiger partial charge < -0.3 is 9.09 Å². The highest BCUT2D eigenvalue weighted by molar-refractivity contribution is 7.89. The molecule has 4 heterocycles. The highest BCUT2D eigenvalue weighted by atomic mass is 32.2. The predicted octanol–water partition coefficient (Wildman–Crippen LogP) is 2.88. The molecule has 0 unspecified atom stereocenters. The monoisotopic (exact) mass is 401 g/mol. The zero-order chi connectivity index (χ0) is 19.9. The number of imidazole rings is 1. The second kappa shape index (κ2) is 7.14. The molecular weight excluding hydrogens is 378 g/mol. The molecule has 148 valence electrons.